The van der Waals surface area contributed by atoms with Gasteiger partial charge in [0.05, 0.1) is 0 Å². The highest BCUT2D eigenvalue weighted by molar-refractivity contribution is 7.99. The molecule has 2 unspecified atom stereocenters. The minimum Gasteiger partial charge on any atom is -0.314 e. The summed E-state index contributed by atoms with van der Waals surface area (Å²) in [6.07, 6.45) is 2.79. The van der Waals surface area contributed by atoms with Crippen molar-refractivity contribution in [3.05, 3.63) is 53.6 Å². The molecule has 2 heterocycles. The Labute approximate surface area is 150 Å². The van der Waals surface area contributed by atoms with Crippen LogP contribution in [0.15, 0.2) is 57.2 Å². The van der Waals surface area contributed by atoms with Crippen molar-refractivity contribution in [2.24, 2.45) is 0 Å². The zero-order chi connectivity index (χ0) is 16.5. The lowest BCUT2D eigenvalue weighted by Gasteiger charge is -2.35. The Hall–Kier alpha value is -1.14. The summed E-state index contributed by atoms with van der Waals surface area (Å²) in [5.41, 5.74) is 2.76. The fourth-order valence-corrected chi connectivity index (χ4v) is 5.25. The van der Waals surface area contributed by atoms with Gasteiger partial charge in [0.25, 0.3) is 0 Å². The summed E-state index contributed by atoms with van der Waals surface area (Å²) in [6, 6.07) is 15.4. The Morgan fingerprint density at radius 2 is 1.92 bits per heavy atom. The summed E-state index contributed by atoms with van der Waals surface area (Å²) >= 11 is 1.85. The molecule has 3 nitrogen and oxygen atoms in total. The molecule has 0 radical (unpaired) electrons. The summed E-state index contributed by atoms with van der Waals surface area (Å²) in [5, 5.41) is 3.45. The van der Waals surface area contributed by atoms with Gasteiger partial charge in [0.1, 0.15) is 0 Å². The van der Waals surface area contributed by atoms with Crippen molar-refractivity contribution in [2.75, 3.05) is 32.4 Å². The van der Waals surface area contributed by atoms with Gasteiger partial charge < -0.3 is 5.32 Å². The monoisotopic (exact) mass is 358 g/mol. The molecule has 0 bridgehead atoms. The number of fused-ring (bicyclic) bond motifs is 2. The molecular formula is C19H22N2OS2. The van der Waals surface area contributed by atoms with Crippen molar-refractivity contribution in [3.8, 4) is 0 Å². The van der Waals surface area contributed by atoms with E-state index in [2.05, 4.69) is 46.6 Å². The predicted octanol–water partition coefficient (Wildman–Crippen LogP) is 3.08. The average Bonchev–Trinajstić information content (AvgIpc) is 2.78. The van der Waals surface area contributed by atoms with E-state index >= 15 is 0 Å². The molecule has 2 aliphatic rings. The molecule has 0 saturated carbocycles. The Morgan fingerprint density at radius 1 is 1.12 bits per heavy atom. The van der Waals surface area contributed by atoms with E-state index in [1.165, 1.54) is 20.9 Å². The van der Waals surface area contributed by atoms with Gasteiger partial charge in [-0.2, -0.15) is 0 Å². The first kappa shape index (κ1) is 16.3. The zero-order valence-electron chi connectivity index (χ0n) is 13.8. The van der Waals surface area contributed by atoms with Gasteiger partial charge >= 0.3 is 0 Å². The lowest BCUT2D eigenvalue weighted by atomic mass is 9.97. The molecule has 2 aliphatic heterocycles. The van der Waals surface area contributed by atoms with Crippen molar-refractivity contribution in [1.82, 2.24) is 10.2 Å². The van der Waals surface area contributed by atoms with Crippen molar-refractivity contribution < 1.29 is 4.21 Å². The summed E-state index contributed by atoms with van der Waals surface area (Å²) < 4.78 is 12.0. The Kier molecular flexibility index (Phi) is 4.77. The average molecular weight is 359 g/mol. The van der Waals surface area contributed by atoms with Gasteiger partial charge in [0.2, 0.25) is 0 Å². The lowest BCUT2D eigenvalue weighted by Crippen LogP contribution is -2.45. The maximum absolute atomic E-state index is 12.0. The van der Waals surface area contributed by atoms with Gasteiger partial charge in [-0.3, -0.25) is 9.11 Å². The van der Waals surface area contributed by atoms with Crippen LogP contribution in [-0.2, 0) is 17.2 Å². The van der Waals surface area contributed by atoms with Crippen molar-refractivity contribution in [3.63, 3.8) is 0 Å². The summed E-state index contributed by atoms with van der Waals surface area (Å²) in [7, 11) is -0.943. The van der Waals surface area contributed by atoms with E-state index < -0.39 is 10.8 Å². The standard InChI is InChI=1S/C19H22N2OS2/c1-24(22)15-6-7-19-16(13-15)17(21-10-8-20-9-11-21)12-14-4-2-3-5-18(14)23-19/h2-7,13,17,20H,8-12H2,1H3. The Balaban J connectivity index is 1.81. The highest BCUT2D eigenvalue weighted by Crippen LogP contribution is 2.43. The van der Waals surface area contributed by atoms with Crippen LogP contribution in [0.3, 0.4) is 0 Å². The van der Waals surface area contributed by atoms with Crippen molar-refractivity contribution >= 4 is 22.6 Å². The predicted molar refractivity (Wildman–Crippen MR) is 100 cm³/mol. The first-order chi connectivity index (χ1) is 11.7. The number of rotatable bonds is 2. The van der Waals surface area contributed by atoms with Gasteiger partial charge in [-0.1, -0.05) is 30.0 Å². The molecular weight excluding hydrogens is 336 g/mol. The molecule has 24 heavy (non-hydrogen) atoms. The first-order valence-corrected chi connectivity index (χ1v) is 10.8. The highest BCUT2D eigenvalue weighted by Gasteiger charge is 2.28. The minimum atomic E-state index is -0.943. The summed E-state index contributed by atoms with van der Waals surface area (Å²) in [5.74, 6) is 0. The molecule has 1 fully saturated rings. The van der Waals surface area contributed by atoms with Crippen LogP contribution in [0.5, 0.6) is 0 Å². The largest absolute Gasteiger partial charge is 0.314 e. The van der Waals surface area contributed by atoms with E-state index in [0.29, 0.717) is 6.04 Å². The maximum Gasteiger partial charge on any atom is 0.0498 e. The highest BCUT2D eigenvalue weighted by atomic mass is 32.2. The van der Waals surface area contributed by atoms with Gasteiger partial charge in [-0.05, 0) is 41.8 Å². The molecule has 1 saturated heterocycles. The lowest BCUT2D eigenvalue weighted by molar-refractivity contribution is 0.170. The number of hydrogen-bond donors (Lipinski definition) is 1. The molecule has 126 valence electrons. The van der Waals surface area contributed by atoms with Crippen LogP contribution >= 0.6 is 11.8 Å². The molecule has 4 rings (SSSR count). The molecule has 2 aromatic carbocycles. The second-order valence-corrected chi connectivity index (χ2v) is 8.83. The van der Waals surface area contributed by atoms with E-state index in [-0.39, 0.29) is 0 Å². The molecule has 0 spiro atoms. The third-order valence-electron chi connectivity index (χ3n) is 4.87. The van der Waals surface area contributed by atoms with E-state index in [0.717, 1.165) is 37.5 Å². The van der Waals surface area contributed by atoms with E-state index in [4.69, 9.17) is 0 Å². The van der Waals surface area contributed by atoms with Crippen LogP contribution in [0.25, 0.3) is 0 Å². The van der Waals surface area contributed by atoms with E-state index in [1.54, 1.807) is 6.26 Å². The van der Waals surface area contributed by atoms with Gasteiger partial charge in [-0.15, -0.1) is 0 Å². The van der Waals surface area contributed by atoms with Gasteiger partial charge in [0, 0.05) is 64.0 Å². The van der Waals surface area contributed by atoms with Crippen LogP contribution < -0.4 is 5.32 Å². The number of benzene rings is 2. The fourth-order valence-electron chi connectivity index (χ4n) is 3.59. The van der Waals surface area contributed by atoms with E-state index in [9.17, 15) is 4.21 Å². The van der Waals surface area contributed by atoms with Crippen LogP contribution in [0.4, 0.5) is 0 Å². The molecule has 5 heteroatoms. The Bertz CT molecular complexity index is 772. The quantitative estimate of drug-likeness (QED) is 0.894. The number of nitrogens with zero attached hydrogens (tertiary/aromatic N) is 1. The molecule has 0 aromatic heterocycles. The van der Waals surface area contributed by atoms with Gasteiger partial charge in [-0.25, -0.2) is 0 Å². The topological polar surface area (TPSA) is 32.3 Å². The van der Waals surface area contributed by atoms with Gasteiger partial charge in [0.15, 0.2) is 0 Å². The number of piperazine rings is 1. The Morgan fingerprint density at radius 3 is 2.71 bits per heavy atom. The van der Waals surface area contributed by atoms with Crippen molar-refractivity contribution in [2.45, 2.75) is 27.1 Å². The second kappa shape index (κ2) is 7.00. The molecule has 0 amide bonds. The third-order valence-corrected chi connectivity index (χ3v) is 7.00. The van der Waals surface area contributed by atoms with Crippen LogP contribution in [0.2, 0.25) is 0 Å². The van der Waals surface area contributed by atoms with Crippen LogP contribution in [-0.4, -0.2) is 41.5 Å². The first-order valence-electron chi connectivity index (χ1n) is 8.40. The molecule has 1 N–H and O–H groups in total. The summed E-state index contributed by atoms with van der Waals surface area (Å²) in [4.78, 5) is 6.17. The smallest absolute Gasteiger partial charge is 0.0498 e. The van der Waals surface area contributed by atoms with Crippen LogP contribution in [0.1, 0.15) is 17.2 Å². The maximum atomic E-state index is 12.0. The molecule has 0 aliphatic carbocycles. The number of hydrogen-bond acceptors (Lipinski definition) is 4. The normalized spacial score (nSPS) is 22.3. The fraction of sp³-hybridized carbons (Fsp3) is 0.368. The van der Waals surface area contributed by atoms with Crippen LogP contribution in [0, 0.1) is 0 Å². The summed E-state index contributed by atoms with van der Waals surface area (Å²) in [6.45, 7) is 4.22. The minimum absolute atomic E-state index is 0.363. The SMILES string of the molecule is CS(=O)c1ccc2c(c1)C(N1CCNCC1)Cc1ccccc1S2. The van der Waals surface area contributed by atoms with Crippen molar-refractivity contribution in [1.29, 1.82) is 0 Å². The molecule has 2 aromatic rings. The van der Waals surface area contributed by atoms with E-state index in [1.807, 2.05) is 17.8 Å². The molecule has 2 atom stereocenters. The second-order valence-electron chi connectivity index (χ2n) is 6.37. The number of nitrogens with one attached hydrogen (secondary N) is 1. The zero-order valence-corrected chi connectivity index (χ0v) is 15.5. The third kappa shape index (κ3) is 3.18.